The van der Waals surface area contributed by atoms with Crippen LogP contribution in [0.3, 0.4) is 0 Å². The Kier molecular flexibility index (Phi) is 5.56. The van der Waals surface area contributed by atoms with E-state index >= 15 is 0 Å². The summed E-state index contributed by atoms with van der Waals surface area (Å²) >= 11 is 0. The molecule has 1 aliphatic heterocycles. The Morgan fingerprint density at radius 1 is 1.35 bits per heavy atom. The van der Waals surface area contributed by atoms with Gasteiger partial charge in [0.2, 0.25) is 5.89 Å². The molecule has 1 unspecified atom stereocenters. The van der Waals surface area contributed by atoms with Crippen LogP contribution in [-0.4, -0.2) is 40.7 Å². The second kappa shape index (κ2) is 8.04. The lowest BCUT2D eigenvalue weighted by Gasteiger charge is -2.32. The molecule has 122 valence electrons. The van der Waals surface area contributed by atoms with E-state index in [0.29, 0.717) is 11.9 Å². The Bertz CT molecular complexity index is 623. The third kappa shape index (κ3) is 5.01. The minimum Gasteiger partial charge on any atom is -0.340 e. The van der Waals surface area contributed by atoms with Crippen LogP contribution in [0.15, 0.2) is 40.9 Å². The van der Waals surface area contributed by atoms with E-state index in [9.17, 15) is 0 Å². The summed E-state index contributed by atoms with van der Waals surface area (Å²) in [6, 6.07) is 10.9. The second-order valence-electron chi connectivity index (χ2n) is 6.03. The molecule has 3 rings (SSSR count). The fraction of sp³-hybridized carbons (Fsp3) is 0.444. The number of hydrogen-bond acceptors (Lipinski definition) is 5. The number of rotatable bonds is 6. The molecule has 1 aromatic heterocycles. The summed E-state index contributed by atoms with van der Waals surface area (Å²) in [7, 11) is 0. The zero-order valence-corrected chi connectivity index (χ0v) is 13.6. The van der Waals surface area contributed by atoms with Crippen LogP contribution in [0.1, 0.15) is 30.1 Å². The van der Waals surface area contributed by atoms with E-state index in [4.69, 9.17) is 4.52 Å². The van der Waals surface area contributed by atoms with Gasteiger partial charge >= 0.3 is 0 Å². The number of likely N-dealkylation sites (tertiary alicyclic amines) is 1. The number of aryl methyl sites for hydroxylation is 1. The molecular weight excluding hydrogens is 288 g/mol. The molecule has 0 aliphatic carbocycles. The summed E-state index contributed by atoms with van der Waals surface area (Å²) in [4.78, 5) is 6.68. The summed E-state index contributed by atoms with van der Waals surface area (Å²) in [6.45, 7) is 5.64. The fourth-order valence-electron chi connectivity index (χ4n) is 2.97. The van der Waals surface area contributed by atoms with Gasteiger partial charge in [0.05, 0.1) is 6.54 Å². The monoisotopic (exact) mass is 312 g/mol. The summed E-state index contributed by atoms with van der Waals surface area (Å²) < 4.78 is 5.04. The maximum atomic E-state index is 5.04. The zero-order valence-electron chi connectivity index (χ0n) is 13.6. The van der Waals surface area contributed by atoms with Gasteiger partial charge in [0, 0.05) is 26.1 Å². The van der Waals surface area contributed by atoms with Gasteiger partial charge in [0.15, 0.2) is 5.82 Å². The SMILES string of the molecule is Cc1nc(CN2CCCC(NC/C=C/c3ccccc3)C2)no1. The average Bonchev–Trinajstić information content (AvgIpc) is 2.98. The van der Waals surface area contributed by atoms with E-state index in [1.807, 2.05) is 13.0 Å². The Balaban J connectivity index is 1.42. The van der Waals surface area contributed by atoms with E-state index in [2.05, 4.69) is 56.8 Å². The summed E-state index contributed by atoms with van der Waals surface area (Å²) in [5.74, 6) is 1.42. The van der Waals surface area contributed by atoms with Gasteiger partial charge in [0.1, 0.15) is 0 Å². The van der Waals surface area contributed by atoms with Crippen LogP contribution < -0.4 is 5.32 Å². The topological polar surface area (TPSA) is 54.2 Å². The van der Waals surface area contributed by atoms with Crippen molar-refractivity contribution in [1.82, 2.24) is 20.4 Å². The van der Waals surface area contributed by atoms with Gasteiger partial charge < -0.3 is 9.84 Å². The molecule has 5 heteroatoms. The molecule has 23 heavy (non-hydrogen) atoms. The summed E-state index contributed by atoms with van der Waals surface area (Å²) in [5.41, 5.74) is 1.24. The first-order valence-electron chi connectivity index (χ1n) is 8.26. The van der Waals surface area contributed by atoms with Gasteiger partial charge in [-0.15, -0.1) is 0 Å². The molecule has 1 atom stereocenters. The third-order valence-electron chi connectivity index (χ3n) is 4.07. The van der Waals surface area contributed by atoms with Crippen LogP contribution in [0, 0.1) is 6.92 Å². The highest BCUT2D eigenvalue weighted by molar-refractivity contribution is 5.48. The molecular formula is C18H24N4O. The van der Waals surface area contributed by atoms with Crippen molar-refractivity contribution in [3.8, 4) is 0 Å². The Hall–Kier alpha value is -1.98. The summed E-state index contributed by atoms with van der Waals surface area (Å²) in [5, 5.41) is 7.60. The number of aromatic nitrogens is 2. The quantitative estimate of drug-likeness (QED) is 0.888. The van der Waals surface area contributed by atoms with Gasteiger partial charge in [-0.25, -0.2) is 0 Å². The van der Waals surface area contributed by atoms with Crippen LogP contribution in [0.4, 0.5) is 0 Å². The molecule has 2 heterocycles. The maximum Gasteiger partial charge on any atom is 0.223 e. The van der Waals surface area contributed by atoms with Crippen LogP contribution in [-0.2, 0) is 6.54 Å². The first kappa shape index (κ1) is 15.9. The number of benzene rings is 1. The predicted octanol–water partition coefficient (Wildman–Crippen LogP) is 2.65. The number of piperidine rings is 1. The molecule has 1 N–H and O–H groups in total. The molecule has 0 amide bonds. The van der Waals surface area contributed by atoms with Crippen LogP contribution in [0.5, 0.6) is 0 Å². The highest BCUT2D eigenvalue weighted by Crippen LogP contribution is 2.12. The van der Waals surface area contributed by atoms with E-state index in [-0.39, 0.29) is 0 Å². The van der Waals surface area contributed by atoms with Crippen molar-refractivity contribution < 1.29 is 4.52 Å². The van der Waals surface area contributed by atoms with Crippen molar-refractivity contribution in [3.63, 3.8) is 0 Å². The Labute approximate surface area is 137 Å². The number of nitrogens with zero attached hydrogens (tertiary/aromatic N) is 3. The van der Waals surface area contributed by atoms with Gasteiger partial charge in [-0.3, -0.25) is 4.90 Å². The zero-order chi connectivity index (χ0) is 15.9. The van der Waals surface area contributed by atoms with Crippen molar-refractivity contribution in [2.24, 2.45) is 0 Å². The lowest BCUT2D eigenvalue weighted by molar-refractivity contribution is 0.180. The minimum atomic E-state index is 0.525. The van der Waals surface area contributed by atoms with E-state index in [0.717, 1.165) is 32.0 Å². The molecule has 1 saturated heterocycles. The Morgan fingerprint density at radius 2 is 2.22 bits per heavy atom. The molecule has 1 fully saturated rings. The first-order chi connectivity index (χ1) is 11.3. The normalized spacial score (nSPS) is 19.4. The van der Waals surface area contributed by atoms with Gasteiger partial charge in [-0.05, 0) is 24.9 Å². The van der Waals surface area contributed by atoms with E-state index < -0.39 is 0 Å². The Morgan fingerprint density at radius 3 is 3.00 bits per heavy atom. The van der Waals surface area contributed by atoms with Crippen molar-refractivity contribution in [3.05, 3.63) is 53.7 Å². The predicted molar refractivity (Wildman–Crippen MR) is 90.8 cm³/mol. The smallest absolute Gasteiger partial charge is 0.223 e. The molecule has 1 aromatic carbocycles. The van der Waals surface area contributed by atoms with Gasteiger partial charge in [0.25, 0.3) is 0 Å². The van der Waals surface area contributed by atoms with Crippen molar-refractivity contribution >= 4 is 6.08 Å². The molecule has 1 aliphatic rings. The number of hydrogen-bond donors (Lipinski definition) is 1. The fourth-order valence-corrected chi connectivity index (χ4v) is 2.97. The minimum absolute atomic E-state index is 0.525. The van der Waals surface area contributed by atoms with E-state index in [1.165, 1.54) is 18.4 Å². The van der Waals surface area contributed by atoms with Crippen molar-refractivity contribution in [1.29, 1.82) is 0 Å². The maximum absolute atomic E-state index is 5.04. The summed E-state index contributed by atoms with van der Waals surface area (Å²) in [6.07, 6.45) is 6.78. The average molecular weight is 312 g/mol. The van der Waals surface area contributed by atoms with Gasteiger partial charge in [-0.2, -0.15) is 4.98 Å². The molecule has 0 spiro atoms. The lowest BCUT2D eigenvalue weighted by Crippen LogP contribution is -2.45. The van der Waals surface area contributed by atoms with Gasteiger partial charge in [-0.1, -0.05) is 47.6 Å². The highest BCUT2D eigenvalue weighted by Gasteiger charge is 2.20. The number of nitrogens with one attached hydrogen (secondary N) is 1. The standard InChI is InChI=1S/C18H24N4O/c1-15-20-18(21-23-15)14-22-12-6-10-17(13-22)19-11-5-9-16-7-3-2-4-8-16/h2-5,7-9,17,19H,6,10-14H2,1H3/b9-5+. The van der Waals surface area contributed by atoms with Crippen molar-refractivity contribution in [2.75, 3.05) is 19.6 Å². The van der Waals surface area contributed by atoms with Crippen LogP contribution in [0.25, 0.3) is 6.08 Å². The van der Waals surface area contributed by atoms with Crippen LogP contribution in [0.2, 0.25) is 0 Å². The van der Waals surface area contributed by atoms with Crippen LogP contribution >= 0.6 is 0 Å². The largest absolute Gasteiger partial charge is 0.340 e. The third-order valence-corrected chi connectivity index (χ3v) is 4.07. The lowest BCUT2D eigenvalue weighted by atomic mass is 10.1. The first-order valence-corrected chi connectivity index (χ1v) is 8.26. The molecule has 2 aromatic rings. The highest BCUT2D eigenvalue weighted by atomic mass is 16.5. The molecule has 0 radical (unpaired) electrons. The second-order valence-corrected chi connectivity index (χ2v) is 6.03. The molecule has 5 nitrogen and oxygen atoms in total. The van der Waals surface area contributed by atoms with E-state index in [1.54, 1.807) is 0 Å². The molecule has 0 saturated carbocycles. The van der Waals surface area contributed by atoms with Crippen molar-refractivity contribution in [2.45, 2.75) is 32.4 Å². The molecule has 0 bridgehead atoms.